The lowest BCUT2D eigenvalue weighted by Gasteiger charge is -2.14. The highest BCUT2D eigenvalue weighted by Gasteiger charge is 2.13. The summed E-state index contributed by atoms with van der Waals surface area (Å²) >= 11 is 0. The minimum atomic E-state index is -0.803. The Labute approximate surface area is 97.4 Å². The smallest absolute Gasteiger partial charge is 0.303 e. The normalized spacial score (nSPS) is 14.2. The van der Waals surface area contributed by atoms with Gasteiger partial charge in [0.2, 0.25) is 5.91 Å². The molecule has 2 N–H and O–H groups in total. The quantitative estimate of drug-likeness (QED) is 0.669. The van der Waals surface area contributed by atoms with Gasteiger partial charge in [0.1, 0.15) is 0 Å². The minimum absolute atomic E-state index is 0.0261. The van der Waals surface area contributed by atoms with Crippen LogP contribution in [0.5, 0.6) is 0 Å². The predicted molar refractivity (Wildman–Crippen MR) is 63.1 cm³/mol. The van der Waals surface area contributed by atoms with Crippen LogP contribution in [0.1, 0.15) is 46.5 Å². The highest BCUT2D eigenvalue weighted by atomic mass is 16.4. The van der Waals surface area contributed by atoms with Gasteiger partial charge in [-0.1, -0.05) is 33.6 Å². The van der Waals surface area contributed by atoms with E-state index in [4.69, 9.17) is 5.11 Å². The molecular formula is C12H23NO3. The lowest BCUT2D eigenvalue weighted by molar-refractivity contribution is -0.138. The predicted octanol–water partition coefficient (Wildman–Crippen LogP) is 2.04. The summed E-state index contributed by atoms with van der Waals surface area (Å²) in [6, 6.07) is 0. The van der Waals surface area contributed by atoms with Crippen LogP contribution in [-0.2, 0) is 9.59 Å². The summed E-state index contributed by atoms with van der Waals surface area (Å²) in [7, 11) is 0. The molecule has 0 aromatic heterocycles. The second-order valence-corrected chi connectivity index (χ2v) is 4.39. The third-order valence-electron chi connectivity index (χ3n) is 2.86. The van der Waals surface area contributed by atoms with Gasteiger partial charge < -0.3 is 10.4 Å². The molecule has 16 heavy (non-hydrogen) atoms. The molecule has 0 radical (unpaired) electrons. The first-order valence-electron chi connectivity index (χ1n) is 5.98. The van der Waals surface area contributed by atoms with Crippen LogP contribution in [0.15, 0.2) is 0 Å². The zero-order chi connectivity index (χ0) is 12.6. The number of carboxylic acids is 1. The van der Waals surface area contributed by atoms with Crippen molar-refractivity contribution in [1.29, 1.82) is 0 Å². The van der Waals surface area contributed by atoms with E-state index in [1.54, 1.807) is 0 Å². The Morgan fingerprint density at radius 1 is 1.19 bits per heavy atom. The topological polar surface area (TPSA) is 66.4 Å². The standard InChI is InChI=1S/C12H23NO3/c1-4-9(3)6-11(14)13-8-10(5-2)7-12(15)16/h9-10H,4-8H2,1-3H3,(H,13,14)(H,15,16). The Balaban J connectivity index is 3.83. The Morgan fingerprint density at radius 3 is 2.25 bits per heavy atom. The van der Waals surface area contributed by atoms with E-state index in [1.807, 2.05) is 13.8 Å². The van der Waals surface area contributed by atoms with E-state index in [0.717, 1.165) is 12.8 Å². The molecule has 0 aromatic carbocycles. The molecule has 0 aliphatic carbocycles. The molecule has 0 aliphatic rings. The lowest BCUT2D eigenvalue weighted by Crippen LogP contribution is -2.31. The van der Waals surface area contributed by atoms with Crippen molar-refractivity contribution in [3.63, 3.8) is 0 Å². The van der Waals surface area contributed by atoms with Gasteiger partial charge in [0.25, 0.3) is 0 Å². The first kappa shape index (κ1) is 14.9. The molecule has 0 saturated carbocycles. The van der Waals surface area contributed by atoms with Gasteiger partial charge in [0, 0.05) is 19.4 Å². The van der Waals surface area contributed by atoms with E-state index < -0.39 is 5.97 Å². The van der Waals surface area contributed by atoms with Crippen LogP contribution in [0.4, 0.5) is 0 Å². The largest absolute Gasteiger partial charge is 0.481 e. The molecule has 0 aromatic rings. The van der Waals surface area contributed by atoms with Crippen LogP contribution >= 0.6 is 0 Å². The maximum absolute atomic E-state index is 11.5. The number of hydrogen-bond acceptors (Lipinski definition) is 2. The minimum Gasteiger partial charge on any atom is -0.481 e. The Bertz CT molecular complexity index is 228. The highest BCUT2D eigenvalue weighted by Crippen LogP contribution is 2.08. The van der Waals surface area contributed by atoms with Crippen molar-refractivity contribution in [3.05, 3.63) is 0 Å². The molecule has 2 atom stereocenters. The fourth-order valence-electron chi connectivity index (χ4n) is 1.40. The molecule has 0 spiro atoms. The fraction of sp³-hybridized carbons (Fsp3) is 0.833. The van der Waals surface area contributed by atoms with Gasteiger partial charge in [0.05, 0.1) is 0 Å². The van der Waals surface area contributed by atoms with Crippen molar-refractivity contribution >= 4 is 11.9 Å². The number of rotatable bonds is 8. The van der Waals surface area contributed by atoms with Crippen LogP contribution in [0.2, 0.25) is 0 Å². The Kier molecular flexibility index (Phi) is 7.60. The maximum Gasteiger partial charge on any atom is 0.303 e. The van der Waals surface area contributed by atoms with Gasteiger partial charge in [-0.2, -0.15) is 0 Å². The molecule has 1 amide bonds. The fourth-order valence-corrected chi connectivity index (χ4v) is 1.40. The molecule has 0 heterocycles. The summed E-state index contributed by atoms with van der Waals surface area (Å²) in [6.07, 6.45) is 2.41. The summed E-state index contributed by atoms with van der Waals surface area (Å²) in [4.78, 5) is 22.0. The molecule has 0 aliphatic heterocycles. The highest BCUT2D eigenvalue weighted by molar-refractivity contribution is 5.76. The van der Waals surface area contributed by atoms with Crippen LogP contribution in [0, 0.1) is 11.8 Å². The van der Waals surface area contributed by atoms with Gasteiger partial charge in [-0.05, 0) is 11.8 Å². The van der Waals surface area contributed by atoms with Crippen molar-refractivity contribution in [3.8, 4) is 0 Å². The number of amides is 1. The molecule has 94 valence electrons. The zero-order valence-corrected chi connectivity index (χ0v) is 10.5. The number of carbonyl (C=O) groups is 2. The average molecular weight is 229 g/mol. The van der Waals surface area contributed by atoms with E-state index >= 15 is 0 Å². The zero-order valence-electron chi connectivity index (χ0n) is 10.5. The lowest BCUT2D eigenvalue weighted by atomic mass is 10.0. The second-order valence-electron chi connectivity index (χ2n) is 4.39. The number of carboxylic acid groups (broad SMARTS) is 1. The number of nitrogens with one attached hydrogen (secondary N) is 1. The third-order valence-corrected chi connectivity index (χ3v) is 2.86. The molecule has 0 saturated heterocycles. The van der Waals surface area contributed by atoms with Gasteiger partial charge >= 0.3 is 5.97 Å². The van der Waals surface area contributed by atoms with Gasteiger partial charge in [-0.25, -0.2) is 0 Å². The second kappa shape index (κ2) is 8.13. The van der Waals surface area contributed by atoms with Crippen molar-refractivity contribution in [2.75, 3.05) is 6.54 Å². The number of carbonyl (C=O) groups excluding carboxylic acids is 1. The summed E-state index contributed by atoms with van der Waals surface area (Å²) < 4.78 is 0. The van der Waals surface area contributed by atoms with Gasteiger partial charge in [-0.15, -0.1) is 0 Å². The molecule has 0 bridgehead atoms. The number of hydrogen-bond donors (Lipinski definition) is 2. The maximum atomic E-state index is 11.5. The summed E-state index contributed by atoms with van der Waals surface area (Å²) in [5.41, 5.74) is 0. The Hall–Kier alpha value is -1.06. The van der Waals surface area contributed by atoms with Crippen molar-refractivity contribution in [2.45, 2.75) is 46.5 Å². The van der Waals surface area contributed by atoms with E-state index in [1.165, 1.54) is 0 Å². The van der Waals surface area contributed by atoms with Crippen LogP contribution in [0.3, 0.4) is 0 Å². The summed E-state index contributed by atoms with van der Waals surface area (Å²) in [5.74, 6) is -0.348. The summed E-state index contributed by atoms with van der Waals surface area (Å²) in [5, 5.41) is 11.5. The summed E-state index contributed by atoms with van der Waals surface area (Å²) in [6.45, 7) is 6.50. The molecule has 0 fully saturated rings. The monoisotopic (exact) mass is 229 g/mol. The number of aliphatic carboxylic acids is 1. The average Bonchev–Trinajstić information content (AvgIpc) is 2.23. The molecule has 4 nitrogen and oxygen atoms in total. The molecule has 0 rings (SSSR count). The third kappa shape index (κ3) is 7.26. The first-order chi connectivity index (χ1) is 7.49. The molecule has 2 unspecified atom stereocenters. The van der Waals surface area contributed by atoms with Crippen molar-refractivity contribution in [2.24, 2.45) is 11.8 Å². The SMILES string of the molecule is CCC(C)CC(=O)NCC(CC)CC(=O)O. The molecule has 4 heteroatoms. The van der Waals surface area contributed by atoms with Gasteiger partial charge in [-0.3, -0.25) is 9.59 Å². The van der Waals surface area contributed by atoms with Crippen molar-refractivity contribution < 1.29 is 14.7 Å². The Morgan fingerprint density at radius 2 is 1.81 bits per heavy atom. The van der Waals surface area contributed by atoms with Crippen molar-refractivity contribution in [1.82, 2.24) is 5.32 Å². The van der Waals surface area contributed by atoms with E-state index in [2.05, 4.69) is 12.2 Å². The first-order valence-corrected chi connectivity index (χ1v) is 5.98. The van der Waals surface area contributed by atoms with E-state index in [-0.39, 0.29) is 18.2 Å². The molecular weight excluding hydrogens is 206 g/mol. The van der Waals surface area contributed by atoms with E-state index in [0.29, 0.717) is 18.9 Å². The van der Waals surface area contributed by atoms with Crippen LogP contribution < -0.4 is 5.32 Å². The van der Waals surface area contributed by atoms with Gasteiger partial charge in [0.15, 0.2) is 0 Å². The van der Waals surface area contributed by atoms with E-state index in [9.17, 15) is 9.59 Å². The van der Waals surface area contributed by atoms with Crippen LogP contribution in [-0.4, -0.2) is 23.5 Å². The van der Waals surface area contributed by atoms with Crippen LogP contribution in [0.25, 0.3) is 0 Å².